The Hall–Kier alpha value is -1.25. The van der Waals surface area contributed by atoms with Gasteiger partial charge in [0.15, 0.2) is 0 Å². The Balaban J connectivity index is 2.39. The molecule has 0 amide bonds. The van der Waals surface area contributed by atoms with Gasteiger partial charge in [-0.05, 0) is 48.9 Å². The molecule has 90 valence electrons. The van der Waals surface area contributed by atoms with Gasteiger partial charge < -0.3 is 9.73 Å². The van der Waals surface area contributed by atoms with E-state index in [1.54, 1.807) is 6.26 Å². The highest BCUT2D eigenvalue weighted by molar-refractivity contribution is 6.30. The van der Waals surface area contributed by atoms with E-state index in [2.05, 4.69) is 19.2 Å². The molecular weight excluding hydrogens is 234 g/mol. The third-order valence-corrected chi connectivity index (χ3v) is 3.01. The highest BCUT2D eigenvalue weighted by Gasteiger charge is 2.17. The first-order chi connectivity index (χ1) is 8.22. The first kappa shape index (κ1) is 12.2. The summed E-state index contributed by atoms with van der Waals surface area (Å²) in [6, 6.07) is 9.92. The van der Waals surface area contributed by atoms with Crippen LogP contribution >= 0.6 is 11.6 Å². The van der Waals surface area contributed by atoms with Gasteiger partial charge in [-0.15, -0.1) is 0 Å². The van der Waals surface area contributed by atoms with Crippen molar-refractivity contribution in [2.75, 3.05) is 6.54 Å². The van der Waals surface area contributed by atoms with Crippen LogP contribution in [-0.4, -0.2) is 6.54 Å². The van der Waals surface area contributed by atoms with E-state index < -0.39 is 0 Å². The average molecular weight is 250 g/mol. The summed E-state index contributed by atoms with van der Waals surface area (Å²) in [7, 11) is 0. The van der Waals surface area contributed by atoms with E-state index >= 15 is 0 Å². The predicted octanol–water partition coefficient (Wildman–Crippen LogP) is 3.94. The maximum absolute atomic E-state index is 5.98. The number of aryl methyl sites for hydroxylation is 1. The SMILES string of the molecule is CCNC(c1ccco1)c1ccc(Cl)cc1C. The minimum absolute atomic E-state index is 0.0901. The molecule has 1 aromatic carbocycles. The van der Waals surface area contributed by atoms with Crippen molar-refractivity contribution < 1.29 is 4.42 Å². The van der Waals surface area contributed by atoms with Crippen LogP contribution in [0.2, 0.25) is 5.02 Å². The van der Waals surface area contributed by atoms with Gasteiger partial charge in [0.2, 0.25) is 0 Å². The number of nitrogens with one attached hydrogen (secondary N) is 1. The van der Waals surface area contributed by atoms with Gasteiger partial charge >= 0.3 is 0 Å². The maximum Gasteiger partial charge on any atom is 0.125 e. The van der Waals surface area contributed by atoms with Crippen molar-refractivity contribution in [3.05, 3.63) is 58.5 Å². The second-order valence-electron chi connectivity index (χ2n) is 4.01. The van der Waals surface area contributed by atoms with Gasteiger partial charge in [-0.1, -0.05) is 24.6 Å². The number of benzene rings is 1. The zero-order valence-electron chi connectivity index (χ0n) is 10.0. The Morgan fingerprint density at radius 1 is 1.35 bits per heavy atom. The summed E-state index contributed by atoms with van der Waals surface area (Å²) < 4.78 is 5.49. The van der Waals surface area contributed by atoms with Crippen molar-refractivity contribution in [3.8, 4) is 0 Å². The molecule has 1 heterocycles. The fourth-order valence-electron chi connectivity index (χ4n) is 1.99. The van der Waals surface area contributed by atoms with E-state index in [1.807, 2.05) is 30.3 Å². The molecular formula is C14H16ClNO. The molecule has 1 unspecified atom stereocenters. The summed E-state index contributed by atoms with van der Waals surface area (Å²) in [6.45, 7) is 5.03. The lowest BCUT2D eigenvalue weighted by Crippen LogP contribution is -2.22. The topological polar surface area (TPSA) is 25.2 Å². The molecule has 1 atom stereocenters. The van der Waals surface area contributed by atoms with Gasteiger partial charge in [-0.3, -0.25) is 0 Å². The van der Waals surface area contributed by atoms with Gasteiger partial charge in [0, 0.05) is 5.02 Å². The van der Waals surface area contributed by atoms with Crippen LogP contribution in [0.5, 0.6) is 0 Å². The molecule has 0 aliphatic heterocycles. The van der Waals surface area contributed by atoms with Gasteiger partial charge in [0.05, 0.1) is 12.3 Å². The van der Waals surface area contributed by atoms with E-state index in [-0.39, 0.29) is 6.04 Å². The van der Waals surface area contributed by atoms with Gasteiger partial charge in [0.25, 0.3) is 0 Å². The number of halogens is 1. The van der Waals surface area contributed by atoms with E-state index in [9.17, 15) is 0 Å². The summed E-state index contributed by atoms with van der Waals surface area (Å²) in [5, 5.41) is 4.19. The Morgan fingerprint density at radius 2 is 2.18 bits per heavy atom. The van der Waals surface area contributed by atoms with Crippen molar-refractivity contribution in [2.45, 2.75) is 19.9 Å². The lowest BCUT2D eigenvalue weighted by atomic mass is 9.99. The minimum Gasteiger partial charge on any atom is -0.467 e. The lowest BCUT2D eigenvalue weighted by molar-refractivity contribution is 0.451. The van der Waals surface area contributed by atoms with Crippen LogP contribution in [0.4, 0.5) is 0 Å². The van der Waals surface area contributed by atoms with Gasteiger partial charge in [0.1, 0.15) is 5.76 Å². The van der Waals surface area contributed by atoms with Crippen LogP contribution in [0.1, 0.15) is 29.9 Å². The normalized spacial score (nSPS) is 12.6. The fourth-order valence-corrected chi connectivity index (χ4v) is 2.21. The highest BCUT2D eigenvalue weighted by atomic mass is 35.5. The van der Waals surface area contributed by atoms with Crippen LogP contribution in [-0.2, 0) is 0 Å². The summed E-state index contributed by atoms with van der Waals surface area (Å²) in [4.78, 5) is 0. The number of hydrogen-bond donors (Lipinski definition) is 1. The first-order valence-electron chi connectivity index (χ1n) is 5.75. The summed E-state index contributed by atoms with van der Waals surface area (Å²) in [5.41, 5.74) is 2.37. The third-order valence-electron chi connectivity index (χ3n) is 2.78. The monoisotopic (exact) mass is 249 g/mol. The molecule has 2 aromatic rings. The molecule has 0 aliphatic carbocycles. The Morgan fingerprint density at radius 3 is 2.76 bits per heavy atom. The Kier molecular flexibility index (Phi) is 3.87. The van der Waals surface area contributed by atoms with E-state index in [4.69, 9.17) is 16.0 Å². The molecule has 0 aliphatic rings. The average Bonchev–Trinajstić information content (AvgIpc) is 2.80. The lowest BCUT2D eigenvalue weighted by Gasteiger charge is -2.18. The molecule has 0 bridgehead atoms. The second-order valence-corrected chi connectivity index (χ2v) is 4.44. The standard InChI is InChI=1S/C14H16ClNO/c1-3-16-14(13-5-4-8-17-13)12-7-6-11(15)9-10(12)2/h4-9,14,16H,3H2,1-2H3. The predicted molar refractivity (Wildman–Crippen MR) is 70.4 cm³/mol. The van der Waals surface area contributed by atoms with Crippen molar-refractivity contribution in [3.63, 3.8) is 0 Å². The molecule has 1 aromatic heterocycles. The summed E-state index contributed by atoms with van der Waals surface area (Å²) in [6.07, 6.45) is 1.70. The fraction of sp³-hybridized carbons (Fsp3) is 0.286. The molecule has 0 spiro atoms. The van der Waals surface area contributed by atoms with E-state index in [0.717, 1.165) is 17.3 Å². The van der Waals surface area contributed by atoms with E-state index in [0.29, 0.717) is 0 Å². The van der Waals surface area contributed by atoms with Crippen LogP contribution in [0.3, 0.4) is 0 Å². The first-order valence-corrected chi connectivity index (χ1v) is 6.13. The van der Waals surface area contributed by atoms with Crippen LogP contribution in [0.25, 0.3) is 0 Å². The molecule has 2 rings (SSSR count). The molecule has 17 heavy (non-hydrogen) atoms. The molecule has 2 nitrogen and oxygen atoms in total. The highest BCUT2D eigenvalue weighted by Crippen LogP contribution is 2.27. The Bertz CT molecular complexity index is 479. The van der Waals surface area contributed by atoms with Gasteiger partial charge in [-0.25, -0.2) is 0 Å². The minimum atomic E-state index is 0.0901. The molecule has 0 radical (unpaired) electrons. The Labute approximate surface area is 107 Å². The van der Waals surface area contributed by atoms with Crippen molar-refractivity contribution in [2.24, 2.45) is 0 Å². The maximum atomic E-state index is 5.98. The van der Waals surface area contributed by atoms with Crippen LogP contribution < -0.4 is 5.32 Å². The van der Waals surface area contributed by atoms with E-state index in [1.165, 1.54) is 11.1 Å². The van der Waals surface area contributed by atoms with Crippen molar-refractivity contribution in [1.82, 2.24) is 5.32 Å². The molecule has 0 saturated heterocycles. The summed E-state index contributed by atoms with van der Waals surface area (Å²) in [5.74, 6) is 0.928. The van der Waals surface area contributed by atoms with Crippen LogP contribution in [0, 0.1) is 6.92 Å². The third kappa shape index (κ3) is 2.71. The number of furan rings is 1. The molecule has 3 heteroatoms. The summed E-state index contributed by atoms with van der Waals surface area (Å²) >= 11 is 5.98. The van der Waals surface area contributed by atoms with Gasteiger partial charge in [-0.2, -0.15) is 0 Å². The number of rotatable bonds is 4. The number of hydrogen-bond acceptors (Lipinski definition) is 2. The molecule has 0 fully saturated rings. The largest absolute Gasteiger partial charge is 0.467 e. The quantitative estimate of drug-likeness (QED) is 0.888. The van der Waals surface area contributed by atoms with Crippen molar-refractivity contribution in [1.29, 1.82) is 0 Å². The van der Waals surface area contributed by atoms with Crippen LogP contribution in [0.15, 0.2) is 41.0 Å². The molecule has 0 saturated carbocycles. The van der Waals surface area contributed by atoms with Crippen molar-refractivity contribution >= 4 is 11.6 Å². The smallest absolute Gasteiger partial charge is 0.125 e. The zero-order valence-corrected chi connectivity index (χ0v) is 10.8. The second kappa shape index (κ2) is 5.39. The molecule has 1 N–H and O–H groups in total. The zero-order chi connectivity index (χ0) is 12.3.